The van der Waals surface area contributed by atoms with Crippen molar-refractivity contribution in [2.24, 2.45) is 10.9 Å². The molecule has 14 heteroatoms. The number of pyridine rings is 1. The number of nitrogens with zero attached hydrogens (tertiary/aromatic N) is 4. The molecule has 39 heavy (non-hydrogen) atoms. The number of rotatable bonds is 8. The third-order valence-corrected chi connectivity index (χ3v) is 7.47. The van der Waals surface area contributed by atoms with Crippen molar-refractivity contribution in [3.05, 3.63) is 63.4 Å². The molecule has 1 atom stereocenters. The van der Waals surface area contributed by atoms with Gasteiger partial charge in [0, 0.05) is 37.7 Å². The number of anilines is 1. The first-order chi connectivity index (χ1) is 18.4. The van der Waals surface area contributed by atoms with Gasteiger partial charge in [0.15, 0.2) is 0 Å². The van der Waals surface area contributed by atoms with Crippen molar-refractivity contribution in [2.75, 3.05) is 25.0 Å². The Balaban J connectivity index is 1.64. The predicted molar refractivity (Wildman–Crippen MR) is 144 cm³/mol. The number of carbonyl (C=O) groups excluding carboxylic acids is 2. The lowest BCUT2D eigenvalue weighted by molar-refractivity contribution is -0.137. The Morgan fingerprint density at radius 3 is 2.64 bits per heavy atom. The molecule has 1 fully saturated rings. The molecule has 1 saturated heterocycles. The number of hydrogen-bond donors (Lipinski definition) is 3. The van der Waals surface area contributed by atoms with Gasteiger partial charge in [0.2, 0.25) is 5.91 Å². The van der Waals surface area contributed by atoms with E-state index in [0.717, 1.165) is 30.4 Å². The van der Waals surface area contributed by atoms with Crippen LogP contribution in [0, 0.1) is 5.92 Å². The van der Waals surface area contributed by atoms with Crippen LogP contribution in [0.25, 0.3) is 0 Å². The van der Waals surface area contributed by atoms with E-state index in [1.54, 1.807) is 19.9 Å². The van der Waals surface area contributed by atoms with Crippen molar-refractivity contribution in [2.45, 2.75) is 38.9 Å². The number of likely N-dealkylation sites (tertiary alicyclic amines) is 1. The van der Waals surface area contributed by atoms with Crippen molar-refractivity contribution < 1.29 is 27.9 Å². The maximum Gasteiger partial charge on any atom is 0.418 e. The highest BCUT2D eigenvalue weighted by atomic mass is 35.5. The number of amidine groups is 1. The molecule has 2 aromatic rings. The summed E-state index contributed by atoms with van der Waals surface area (Å²) in [6.45, 7) is 8.54. The molecule has 0 bridgehead atoms. The van der Waals surface area contributed by atoms with E-state index in [1.165, 1.54) is 12.4 Å². The summed E-state index contributed by atoms with van der Waals surface area (Å²) in [5.74, 6) is -0.529. The molecule has 1 aliphatic heterocycles. The third-order valence-electron chi connectivity index (χ3n) is 5.99. The van der Waals surface area contributed by atoms with E-state index in [0.29, 0.717) is 35.6 Å². The highest BCUT2D eigenvalue weighted by Gasteiger charge is 2.34. The fourth-order valence-electron chi connectivity index (χ4n) is 3.77. The topological polar surface area (TPSA) is 120 Å². The molecule has 0 aromatic carbocycles. The monoisotopic (exact) mass is 584 g/mol. The molecule has 3 N–H and O–H groups in total. The fourth-order valence-corrected chi connectivity index (χ4v) is 4.80. The Morgan fingerprint density at radius 1 is 1.33 bits per heavy atom. The molecule has 3 rings (SSSR count). The van der Waals surface area contributed by atoms with Crippen molar-refractivity contribution in [3.63, 3.8) is 0 Å². The highest BCUT2D eigenvalue weighted by molar-refractivity contribution is 7.13. The number of hydrogen-bond acceptors (Lipinski definition) is 7. The molecule has 0 spiro atoms. The van der Waals surface area contributed by atoms with Gasteiger partial charge in [-0.1, -0.05) is 18.2 Å². The van der Waals surface area contributed by atoms with Crippen LogP contribution in [0.2, 0.25) is 5.02 Å². The molecule has 0 radical (unpaired) electrons. The number of aromatic nitrogens is 2. The van der Waals surface area contributed by atoms with Crippen molar-refractivity contribution >= 4 is 46.4 Å². The van der Waals surface area contributed by atoms with E-state index in [-0.39, 0.29) is 29.1 Å². The summed E-state index contributed by atoms with van der Waals surface area (Å²) < 4.78 is 39.2. The van der Waals surface area contributed by atoms with Crippen molar-refractivity contribution in [1.82, 2.24) is 20.2 Å². The van der Waals surface area contributed by atoms with E-state index in [4.69, 9.17) is 11.6 Å². The minimum absolute atomic E-state index is 0.121. The highest BCUT2D eigenvalue weighted by Crippen LogP contribution is 2.35. The molecule has 1 aliphatic rings. The summed E-state index contributed by atoms with van der Waals surface area (Å²) in [6.07, 6.45) is 2.09. The number of aliphatic hydroxyl groups is 1. The number of carbonyl (C=O) groups is 2. The van der Waals surface area contributed by atoms with Gasteiger partial charge in [-0.25, -0.2) is 15.0 Å². The standard InChI is InChI=1S/C25H28ClF3N6O3S/c1-4-30-21(35-7-5-16(13-36)6-8-35)9-14(2)22(37)33-15(3)24-32-12-19(39-24)23(38)34-20-10-17(25(27,28)29)18(26)11-31-20/h4,9-12,15-16,36H,1,5-8,13H2,2-3H3,(H,33,37)(H,31,34,38)/b14-9+,30-21+. The summed E-state index contributed by atoms with van der Waals surface area (Å²) in [5, 5.41) is 14.3. The van der Waals surface area contributed by atoms with Crippen LogP contribution in [0.15, 0.2) is 47.9 Å². The SMILES string of the molecule is C=C/N=C(\C=C(/C)C(=O)NC(C)c1ncc(C(=O)Nc2cc(C(F)(F)F)c(Cl)cn2)s1)N1CCC(CO)CC1. The zero-order chi connectivity index (χ0) is 28.7. The van der Waals surface area contributed by atoms with Crippen LogP contribution in [0.5, 0.6) is 0 Å². The fraction of sp³-hybridized carbons (Fsp3) is 0.400. The molecule has 0 aliphatic carbocycles. The van der Waals surface area contributed by atoms with E-state index in [9.17, 15) is 27.9 Å². The van der Waals surface area contributed by atoms with Gasteiger partial charge >= 0.3 is 6.18 Å². The van der Waals surface area contributed by atoms with Gasteiger partial charge in [-0.2, -0.15) is 13.2 Å². The Hall–Kier alpha value is -3.29. The predicted octanol–water partition coefficient (Wildman–Crippen LogP) is 4.83. The quantitative estimate of drug-likeness (QED) is 0.232. The lowest BCUT2D eigenvalue weighted by Crippen LogP contribution is -2.39. The van der Waals surface area contributed by atoms with Crippen LogP contribution in [-0.2, 0) is 11.0 Å². The normalized spacial score (nSPS) is 16.1. The van der Waals surface area contributed by atoms with E-state index in [2.05, 4.69) is 32.2 Å². The summed E-state index contributed by atoms with van der Waals surface area (Å²) in [7, 11) is 0. The molecule has 0 saturated carbocycles. The van der Waals surface area contributed by atoms with Gasteiger partial charge < -0.3 is 20.6 Å². The summed E-state index contributed by atoms with van der Waals surface area (Å²) in [5.41, 5.74) is -0.717. The molecule has 1 unspecified atom stereocenters. The van der Waals surface area contributed by atoms with Crippen molar-refractivity contribution in [1.29, 1.82) is 0 Å². The number of alkyl halides is 3. The zero-order valence-electron chi connectivity index (χ0n) is 21.3. The number of piperidine rings is 1. The smallest absolute Gasteiger partial charge is 0.396 e. The second kappa shape index (κ2) is 13.2. The molecular formula is C25H28ClF3N6O3S. The largest absolute Gasteiger partial charge is 0.418 e. The first-order valence-corrected chi connectivity index (χ1v) is 13.2. The molecule has 2 aromatic heterocycles. The number of aliphatic imine (C=N–C) groups is 1. The molecule has 3 heterocycles. The van der Waals surface area contributed by atoms with Gasteiger partial charge in [0.05, 0.1) is 22.8 Å². The van der Waals surface area contributed by atoms with Crippen LogP contribution in [0.4, 0.5) is 19.0 Å². The maximum atomic E-state index is 13.1. The molecule has 9 nitrogen and oxygen atoms in total. The third kappa shape index (κ3) is 8.10. The average Bonchev–Trinajstić information content (AvgIpc) is 3.40. The van der Waals surface area contributed by atoms with Crippen LogP contribution >= 0.6 is 22.9 Å². The van der Waals surface area contributed by atoms with E-state index >= 15 is 0 Å². The Morgan fingerprint density at radius 2 is 2.03 bits per heavy atom. The van der Waals surface area contributed by atoms with Crippen LogP contribution in [0.3, 0.4) is 0 Å². The van der Waals surface area contributed by atoms with Gasteiger partial charge in [-0.15, -0.1) is 11.3 Å². The number of nitrogens with one attached hydrogen (secondary N) is 2. The minimum atomic E-state index is -4.70. The first kappa shape index (κ1) is 30.3. The lowest BCUT2D eigenvalue weighted by Gasteiger charge is -2.32. The van der Waals surface area contributed by atoms with Crippen molar-refractivity contribution in [3.8, 4) is 0 Å². The Kier molecular flexibility index (Phi) is 10.2. The molecule has 2 amide bonds. The summed E-state index contributed by atoms with van der Waals surface area (Å²) in [6, 6.07) is 0.0943. The number of halogens is 4. The first-order valence-electron chi connectivity index (χ1n) is 12.0. The van der Waals surface area contributed by atoms with Gasteiger partial charge in [0.1, 0.15) is 21.5 Å². The number of thiazole rings is 1. The Bertz CT molecular complexity index is 1270. The van der Waals surface area contributed by atoms with Crippen LogP contribution in [0.1, 0.15) is 53.0 Å². The molecule has 210 valence electrons. The number of amides is 2. The minimum Gasteiger partial charge on any atom is -0.396 e. The summed E-state index contributed by atoms with van der Waals surface area (Å²) in [4.78, 5) is 39.8. The van der Waals surface area contributed by atoms with E-state index < -0.39 is 28.7 Å². The number of aliphatic hydroxyl groups excluding tert-OH is 1. The molecular weight excluding hydrogens is 557 g/mol. The van der Waals surface area contributed by atoms with Gasteiger partial charge in [0.25, 0.3) is 5.91 Å². The average molecular weight is 585 g/mol. The van der Waals surface area contributed by atoms with E-state index in [1.807, 2.05) is 4.90 Å². The second-order valence-electron chi connectivity index (χ2n) is 8.87. The van der Waals surface area contributed by atoms with Gasteiger partial charge in [-0.3, -0.25) is 9.59 Å². The summed E-state index contributed by atoms with van der Waals surface area (Å²) >= 11 is 6.55. The maximum absolute atomic E-state index is 13.1. The van der Waals surface area contributed by atoms with Crippen LogP contribution in [-0.4, -0.2) is 57.3 Å². The zero-order valence-corrected chi connectivity index (χ0v) is 22.8. The van der Waals surface area contributed by atoms with Crippen LogP contribution < -0.4 is 10.6 Å². The lowest BCUT2D eigenvalue weighted by atomic mass is 9.97. The van der Waals surface area contributed by atoms with Gasteiger partial charge in [-0.05, 0) is 44.7 Å². The second-order valence-corrected chi connectivity index (χ2v) is 10.3. The Labute approximate surface area is 232 Å².